The van der Waals surface area contributed by atoms with Crippen molar-refractivity contribution in [2.75, 3.05) is 0 Å². The standard InChI is InChI=1S/C49H33N5/c1-4-15-34(16-5-1)39-21-14-22-40(31-39)49-48(53-46(36-17-6-2-7-18-36)47(54-49)37-19-8-3-9-20-37)38-27-25-35(26-28-38)41-32-44(42-23-10-12-29-50-42)52-45(33-41)43-24-11-13-30-51-43/h1-33H. The number of nitrogens with zero attached hydrogens (tertiary/aromatic N) is 5. The first-order valence-corrected chi connectivity index (χ1v) is 17.9. The highest BCUT2D eigenvalue weighted by Gasteiger charge is 2.20. The summed E-state index contributed by atoms with van der Waals surface area (Å²) in [4.78, 5) is 25.1. The number of hydrogen-bond donors (Lipinski definition) is 0. The van der Waals surface area contributed by atoms with Crippen molar-refractivity contribution in [2.45, 2.75) is 0 Å². The molecule has 5 nitrogen and oxygen atoms in total. The Balaban J connectivity index is 1.22. The molecule has 5 heteroatoms. The molecule has 0 saturated heterocycles. The second kappa shape index (κ2) is 14.7. The van der Waals surface area contributed by atoms with Crippen molar-refractivity contribution in [1.82, 2.24) is 24.9 Å². The fourth-order valence-electron chi connectivity index (χ4n) is 6.72. The molecule has 254 valence electrons. The van der Waals surface area contributed by atoms with Gasteiger partial charge in [0.1, 0.15) is 0 Å². The highest BCUT2D eigenvalue weighted by atomic mass is 14.9. The highest BCUT2D eigenvalue weighted by Crippen LogP contribution is 2.39. The quantitative estimate of drug-likeness (QED) is 0.159. The van der Waals surface area contributed by atoms with E-state index in [0.717, 1.165) is 90.1 Å². The summed E-state index contributed by atoms with van der Waals surface area (Å²) in [5, 5.41) is 0. The van der Waals surface area contributed by atoms with E-state index >= 15 is 0 Å². The van der Waals surface area contributed by atoms with Gasteiger partial charge in [-0.25, -0.2) is 15.0 Å². The van der Waals surface area contributed by atoms with Crippen LogP contribution in [0.3, 0.4) is 0 Å². The zero-order chi connectivity index (χ0) is 36.1. The number of benzene rings is 5. The lowest BCUT2D eigenvalue weighted by atomic mass is 9.96. The molecule has 5 aromatic carbocycles. The molecule has 0 radical (unpaired) electrons. The summed E-state index contributed by atoms with van der Waals surface area (Å²) in [7, 11) is 0. The second-order valence-corrected chi connectivity index (χ2v) is 12.9. The van der Waals surface area contributed by atoms with E-state index in [9.17, 15) is 0 Å². The summed E-state index contributed by atoms with van der Waals surface area (Å²) in [6.45, 7) is 0. The first-order chi connectivity index (χ1) is 26.8. The Morgan fingerprint density at radius 1 is 0.222 bits per heavy atom. The summed E-state index contributed by atoms with van der Waals surface area (Å²) in [5.41, 5.74) is 14.8. The van der Waals surface area contributed by atoms with Gasteiger partial charge in [0, 0.05) is 34.6 Å². The van der Waals surface area contributed by atoms with Crippen LogP contribution in [0.25, 0.3) is 90.1 Å². The molecule has 0 amide bonds. The first kappa shape index (κ1) is 32.5. The van der Waals surface area contributed by atoms with Crippen molar-refractivity contribution in [3.63, 3.8) is 0 Å². The van der Waals surface area contributed by atoms with Crippen LogP contribution in [0, 0.1) is 0 Å². The molecule has 0 unspecified atom stereocenters. The minimum Gasteiger partial charge on any atom is -0.255 e. The molecule has 0 aliphatic heterocycles. The summed E-state index contributed by atoms with van der Waals surface area (Å²) in [5.74, 6) is 0. The Bertz CT molecular complexity index is 2610. The van der Waals surface area contributed by atoms with Gasteiger partial charge in [0.25, 0.3) is 0 Å². The van der Waals surface area contributed by atoms with Gasteiger partial charge in [-0.2, -0.15) is 0 Å². The number of hydrogen-bond acceptors (Lipinski definition) is 5. The van der Waals surface area contributed by atoms with Crippen LogP contribution in [-0.4, -0.2) is 24.9 Å². The van der Waals surface area contributed by atoms with Crippen molar-refractivity contribution >= 4 is 0 Å². The Kier molecular flexibility index (Phi) is 8.86. The van der Waals surface area contributed by atoms with Gasteiger partial charge >= 0.3 is 0 Å². The van der Waals surface area contributed by atoms with Crippen LogP contribution in [0.1, 0.15) is 0 Å². The molecule has 4 heterocycles. The average molecular weight is 692 g/mol. The predicted molar refractivity (Wildman–Crippen MR) is 219 cm³/mol. The van der Waals surface area contributed by atoms with Crippen LogP contribution in [0.15, 0.2) is 200 Å². The Morgan fingerprint density at radius 2 is 0.611 bits per heavy atom. The lowest BCUT2D eigenvalue weighted by Gasteiger charge is -2.17. The van der Waals surface area contributed by atoms with Gasteiger partial charge in [-0.05, 0) is 64.7 Å². The fraction of sp³-hybridized carbons (Fsp3) is 0. The number of rotatable bonds is 8. The van der Waals surface area contributed by atoms with Crippen LogP contribution < -0.4 is 0 Å². The zero-order valence-corrected chi connectivity index (χ0v) is 29.3. The Hall–Kier alpha value is -7.37. The topological polar surface area (TPSA) is 64.5 Å². The van der Waals surface area contributed by atoms with Gasteiger partial charge in [-0.1, -0.05) is 146 Å². The maximum atomic E-state index is 5.49. The lowest BCUT2D eigenvalue weighted by molar-refractivity contribution is 1.21. The van der Waals surface area contributed by atoms with E-state index < -0.39 is 0 Å². The second-order valence-electron chi connectivity index (χ2n) is 12.9. The molecule has 0 bridgehead atoms. The van der Waals surface area contributed by atoms with Crippen LogP contribution in [0.4, 0.5) is 0 Å². The molecule has 0 aliphatic rings. The maximum Gasteiger partial charge on any atom is 0.0973 e. The molecule has 9 aromatic rings. The van der Waals surface area contributed by atoms with Crippen molar-refractivity contribution in [3.05, 3.63) is 200 Å². The van der Waals surface area contributed by atoms with Gasteiger partial charge in [0.05, 0.1) is 45.6 Å². The Morgan fingerprint density at radius 3 is 1.11 bits per heavy atom. The third-order valence-corrected chi connectivity index (χ3v) is 9.41. The molecule has 0 N–H and O–H groups in total. The van der Waals surface area contributed by atoms with E-state index in [0.29, 0.717) is 0 Å². The molecule has 0 fully saturated rings. The van der Waals surface area contributed by atoms with E-state index in [1.165, 1.54) is 0 Å². The van der Waals surface area contributed by atoms with Crippen molar-refractivity contribution in [3.8, 4) is 90.1 Å². The van der Waals surface area contributed by atoms with Crippen molar-refractivity contribution in [1.29, 1.82) is 0 Å². The van der Waals surface area contributed by atoms with Crippen molar-refractivity contribution < 1.29 is 0 Å². The largest absolute Gasteiger partial charge is 0.255 e. The van der Waals surface area contributed by atoms with Gasteiger partial charge in [-0.15, -0.1) is 0 Å². The summed E-state index contributed by atoms with van der Waals surface area (Å²) in [6, 6.07) is 64.2. The molecule has 9 rings (SSSR count). The van der Waals surface area contributed by atoms with Crippen LogP contribution >= 0.6 is 0 Å². The predicted octanol–water partition coefficient (Wildman–Crippen LogP) is 12.0. The van der Waals surface area contributed by atoms with E-state index in [2.05, 4.69) is 119 Å². The Labute approximate surface area is 314 Å². The minimum absolute atomic E-state index is 0.785. The highest BCUT2D eigenvalue weighted by molar-refractivity contribution is 5.88. The minimum atomic E-state index is 0.785. The van der Waals surface area contributed by atoms with Crippen LogP contribution in [0.5, 0.6) is 0 Å². The van der Waals surface area contributed by atoms with E-state index in [4.69, 9.17) is 15.0 Å². The smallest absolute Gasteiger partial charge is 0.0973 e. The normalized spacial score (nSPS) is 11.0. The van der Waals surface area contributed by atoms with Gasteiger partial charge in [-0.3, -0.25) is 9.97 Å². The van der Waals surface area contributed by atoms with Crippen LogP contribution in [-0.2, 0) is 0 Å². The van der Waals surface area contributed by atoms with Gasteiger partial charge in [0.15, 0.2) is 0 Å². The maximum absolute atomic E-state index is 5.49. The van der Waals surface area contributed by atoms with E-state index in [-0.39, 0.29) is 0 Å². The first-order valence-electron chi connectivity index (χ1n) is 17.9. The molecule has 0 aliphatic carbocycles. The summed E-state index contributed by atoms with van der Waals surface area (Å²) < 4.78 is 0. The fourth-order valence-corrected chi connectivity index (χ4v) is 6.72. The summed E-state index contributed by atoms with van der Waals surface area (Å²) in [6.07, 6.45) is 3.58. The van der Waals surface area contributed by atoms with Gasteiger partial charge < -0.3 is 0 Å². The van der Waals surface area contributed by atoms with E-state index in [1.807, 2.05) is 78.9 Å². The summed E-state index contributed by atoms with van der Waals surface area (Å²) >= 11 is 0. The average Bonchev–Trinajstić information content (AvgIpc) is 3.27. The SMILES string of the molecule is c1ccc(-c2cccc(-c3nc(-c4ccccc4)c(-c4ccccc4)nc3-c3ccc(-c4cc(-c5ccccn5)nc(-c5ccccn5)c4)cc3)c2)cc1. The zero-order valence-electron chi connectivity index (χ0n) is 29.3. The van der Waals surface area contributed by atoms with E-state index in [1.54, 1.807) is 12.4 Å². The molecule has 0 saturated carbocycles. The number of pyridine rings is 3. The monoisotopic (exact) mass is 691 g/mol. The molecular formula is C49H33N5. The molecular weight excluding hydrogens is 659 g/mol. The molecule has 4 aromatic heterocycles. The number of aromatic nitrogens is 5. The molecule has 0 atom stereocenters. The molecule has 0 spiro atoms. The van der Waals surface area contributed by atoms with Crippen molar-refractivity contribution in [2.24, 2.45) is 0 Å². The third-order valence-electron chi connectivity index (χ3n) is 9.41. The third kappa shape index (κ3) is 6.70. The molecule has 54 heavy (non-hydrogen) atoms. The van der Waals surface area contributed by atoms with Crippen LogP contribution in [0.2, 0.25) is 0 Å². The lowest BCUT2D eigenvalue weighted by Crippen LogP contribution is -2.01. The van der Waals surface area contributed by atoms with Gasteiger partial charge in [0.2, 0.25) is 0 Å².